The normalized spacial score (nSPS) is 11.6. The monoisotopic (exact) mass is 472 g/mol. The van der Waals surface area contributed by atoms with Crippen LogP contribution in [-0.2, 0) is 12.0 Å². The molecule has 2 N–H and O–H groups in total. The zero-order chi connectivity index (χ0) is 17.4. The molecule has 0 bridgehead atoms. The number of hydrogen-bond acceptors (Lipinski definition) is 2. The van der Waals surface area contributed by atoms with Gasteiger partial charge in [-0.05, 0) is 36.8 Å². The first-order valence-electron chi connectivity index (χ1n) is 8.19. The summed E-state index contributed by atoms with van der Waals surface area (Å²) in [7, 11) is 0. The topological polar surface area (TPSA) is 49.3 Å². The molecule has 4 nitrogen and oxygen atoms in total. The molecule has 0 fully saturated rings. The molecular weight excluding hydrogens is 447 g/mol. The van der Waals surface area contributed by atoms with Gasteiger partial charge in [0.15, 0.2) is 5.96 Å². The van der Waals surface area contributed by atoms with Crippen LogP contribution in [0.25, 0.3) is 0 Å². The first kappa shape index (κ1) is 21.7. The summed E-state index contributed by atoms with van der Waals surface area (Å²) in [4.78, 5) is 8.91. The van der Waals surface area contributed by atoms with Crippen LogP contribution in [0.2, 0.25) is 5.02 Å². The fourth-order valence-corrected chi connectivity index (χ4v) is 2.43. The Balaban J connectivity index is 0.00000312. The van der Waals surface area contributed by atoms with Gasteiger partial charge in [-0.15, -0.1) is 24.0 Å². The average Bonchev–Trinajstić information content (AvgIpc) is 2.59. The molecule has 0 aliphatic carbocycles. The van der Waals surface area contributed by atoms with E-state index in [1.807, 2.05) is 30.3 Å². The summed E-state index contributed by atoms with van der Waals surface area (Å²) >= 11 is 5.98. The Hall–Kier alpha value is -1.34. The first-order valence-corrected chi connectivity index (χ1v) is 8.57. The van der Waals surface area contributed by atoms with Gasteiger partial charge in [0, 0.05) is 29.7 Å². The van der Waals surface area contributed by atoms with Crippen molar-refractivity contribution < 1.29 is 0 Å². The Morgan fingerprint density at radius 3 is 2.44 bits per heavy atom. The van der Waals surface area contributed by atoms with Crippen LogP contribution in [0.3, 0.4) is 0 Å². The third kappa shape index (κ3) is 7.20. The smallest absolute Gasteiger partial charge is 0.191 e. The molecule has 0 spiro atoms. The van der Waals surface area contributed by atoms with Gasteiger partial charge >= 0.3 is 0 Å². The van der Waals surface area contributed by atoms with Gasteiger partial charge in [0.2, 0.25) is 0 Å². The van der Waals surface area contributed by atoms with Crippen LogP contribution in [0.4, 0.5) is 0 Å². The SMILES string of the molecule is CCNC(=NCc1ccccn1)NCC(C)(C)c1ccc(Cl)cc1.I. The minimum Gasteiger partial charge on any atom is -0.357 e. The lowest BCUT2D eigenvalue weighted by atomic mass is 9.85. The number of rotatable bonds is 6. The minimum atomic E-state index is -0.0359. The Kier molecular flexibility index (Phi) is 9.21. The Morgan fingerprint density at radius 1 is 1.12 bits per heavy atom. The van der Waals surface area contributed by atoms with Gasteiger partial charge in [0.25, 0.3) is 0 Å². The summed E-state index contributed by atoms with van der Waals surface area (Å²) in [6.07, 6.45) is 1.79. The van der Waals surface area contributed by atoms with Crippen molar-refractivity contribution in [3.8, 4) is 0 Å². The number of pyridine rings is 1. The van der Waals surface area contributed by atoms with Crippen LogP contribution in [0.1, 0.15) is 32.0 Å². The van der Waals surface area contributed by atoms with Crippen molar-refractivity contribution in [2.45, 2.75) is 32.7 Å². The molecule has 1 aromatic heterocycles. The highest BCUT2D eigenvalue weighted by Gasteiger charge is 2.20. The summed E-state index contributed by atoms with van der Waals surface area (Å²) < 4.78 is 0. The van der Waals surface area contributed by atoms with Crippen molar-refractivity contribution in [2.75, 3.05) is 13.1 Å². The standard InChI is InChI=1S/C19H25ClN4.HI/c1-4-21-18(23-13-17-7-5-6-12-22-17)24-14-19(2,3)15-8-10-16(20)11-9-15;/h5-12H,4,13-14H2,1-3H3,(H2,21,23,24);1H. The highest BCUT2D eigenvalue weighted by Crippen LogP contribution is 2.23. The molecule has 2 rings (SSSR count). The van der Waals surface area contributed by atoms with Crippen molar-refractivity contribution in [3.05, 3.63) is 64.9 Å². The van der Waals surface area contributed by atoms with Crippen molar-refractivity contribution in [1.82, 2.24) is 15.6 Å². The maximum Gasteiger partial charge on any atom is 0.191 e. The molecule has 0 saturated heterocycles. The summed E-state index contributed by atoms with van der Waals surface area (Å²) in [5.41, 5.74) is 2.15. The van der Waals surface area contributed by atoms with E-state index >= 15 is 0 Å². The second kappa shape index (κ2) is 10.6. The number of benzene rings is 1. The Bertz CT molecular complexity index is 657. The molecule has 25 heavy (non-hydrogen) atoms. The maximum atomic E-state index is 5.98. The van der Waals surface area contributed by atoms with E-state index in [1.165, 1.54) is 5.56 Å². The van der Waals surface area contributed by atoms with Gasteiger partial charge in [0.1, 0.15) is 0 Å². The first-order chi connectivity index (χ1) is 11.5. The summed E-state index contributed by atoms with van der Waals surface area (Å²) in [5.74, 6) is 0.796. The zero-order valence-corrected chi connectivity index (χ0v) is 18.0. The lowest BCUT2D eigenvalue weighted by molar-refractivity contribution is 0.508. The second-order valence-electron chi connectivity index (χ2n) is 6.26. The van der Waals surface area contributed by atoms with Crippen molar-refractivity contribution in [2.24, 2.45) is 4.99 Å². The summed E-state index contributed by atoms with van der Waals surface area (Å²) in [6, 6.07) is 13.9. The second-order valence-corrected chi connectivity index (χ2v) is 6.70. The third-order valence-electron chi connectivity index (χ3n) is 3.79. The van der Waals surface area contributed by atoms with Gasteiger partial charge in [-0.25, -0.2) is 4.99 Å². The molecular formula is C19H26ClIN4. The van der Waals surface area contributed by atoms with E-state index in [1.54, 1.807) is 6.20 Å². The van der Waals surface area contributed by atoms with Crippen molar-refractivity contribution in [1.29, 1.82) is 0 Å². The maximum absolute atomic E-state index is 5.98. The predicted octanol–water partition coefficient (Wildman–Crippen LogP) is 4.39. The predicted molar refractivity (Wildman–Crippen MR) is 117 cm³/mol. The Labute approximate surface area is 172 Å². The van der Waals surface area contributed by atoms with Crippen LogP contribution >= 0.6 is 35.6 Å². The molecule has 2 aromatic rings. The number of hydrogen-bond donors (Lipinski definition) is 2. The molecule has 0 aliphatic rings. The van der Waals surface area contributed by atoms with Crippen molar-refractivity contribution >= 4 is 41.5 Å². The van der Waals surface area contributed by atoms with Crippen LogP contribution in [0, 0.1) is 0 Å². The van der Waals surface area contributed by atoms with E-state index < -0.39 is 0 Å². The Morgan fingerprint density at radius 2 is 1.84 bits per heavy atom. The van der Waals surface area contributed by atoms with Crippen LogP contribution in [0.5, 0.6) is 0 Å². The quantitative estimate of drug-likeness (QED) is 0.372. The molecule has 0 unspecified atom stereocenters. The lowest BCUT2D eigenvalue weighted by Gasteiger charge is -2.27. The largest absolute Gasteiger partial charge is 0.357 e. The van der Waals surface area contributed by atoms with Crippen LogP contribution in [0.15, 0.2) is 53.7 Å². The van der Waals surface area contributed by atoms with Gasteiger partial charge < -0.3 is 10.6 Å². The number of guanidine groups is 1. The third-order valence-corrected chi connectivity index (χ3v) is 4.04. The molecule has 136 valence electrons. The van der Waals surface area contributed by atoms with Gasteiger partial charge in [-0.1, -0.05) is 43.6 Å². The summed E-state index contributed by atoms with van der Waals surface area (Å²) in [5, 5.41) is 7.46. The lowest BCUT2D eigenvalue weighted by Crippen LogP contribution is -2.43. The molecule has 0 aliphatic heterocycles. The molecule has 0 radical (unpaired) electrons. The molecule has 0 saturated carbocycles. The number of aromatic nitrogens is 1. The molecule has 1 heterocycles. The summed E-state index contributed by atoms with van der Waals surface area (Å²) in [6.45, 7) is 8.59. The number of halogens is 2. The van der Waals surface area contributed by atoms with E-state index in [0.29, 0.717) is 6.54 Å². The van der Waals surface area contributed by atoms with Crippen LogP contribution in [-0.4, -0.2) is 24.0 Å². The van der Waals surface area contributed by atoms with E-state index in [0.717, 1.165) is 29.8 Å². The molecule has 1 aromatic carbocycles. The van der Waals surface area contributed by atoms with E-state index in [2.05, 4.69) is 53.5 Å². The highest BCUT2D eigenvalue weighted by molar-refractivity contribution is 14.0. The minimum absolute atomic E-state index is 0. The van der Waals surface area contributed by atoms with Gasteiger partial charge in [-0.2, -0.15) is 0 Å². The highest BCUT2D eigenvalue weighted by atomic mass is 127. The average molecular weight is 473 g/mol. The molecule has 6 heteroatoms. The number of aliphatic imine (C=N–C) groups is 1. The number of nitrogens with one attached hydrogen (secondary N) is 2. The van der Waals surface area contributed by atoms with Gasteiger partial charge in [0.05, 0.1) is 12.2 Å². The van der Waals surface area contributed by atoms with Gasteiger partial charge in [-0.3, -0.25) is 4.98 Å². The van der Waals surface area contributed by atoms with Crippen LogP contribution < -0.4 is 10.6 Å². The van der Waals surface area contributed by atoms with Crippen molar-refractivity contribution in [3.63, 3.8) is 0 Å². The van der Waals surface area contributed by atoms with E-state index in [9.17, 15) is 0 Å². The number of nitrogens with zero attached hydrogens (tertiary/aromatic N) is 2. The fourth-order valence-electron chi connectivity index (χ4n) is 2.30. The van der Waals surface area contributed by atoms with E-state index in [-0.39, 0.29) is 29.4 Å². The van der Waals surface area contributed by atoms with E-state index in [4.69, 9.17) is 11.6 Å². The molecule has 0 amide bonds. The fraction of sp³-hybridized carbons (Fsp3) is 0.368. The zero-order valence-electron chi connectivity index (χ0n) is 14.9. The molecule has 0 atom stereocenters.